The largest absolute Gasteiger partial charge is 0.481 e. The number of H-pyrrole nitrogens is 1. The molecule has 15 N–H and O–H groups in total. The number of carboxylic acids is 2. The number of nitrogens with one attached hydrogen (secondary N) is 9. The van der Waals surface area contributed by atoms with Gasteiger partial charge in [-0.3, -0.25) is 47.9 Å². The standard InChI is InChI=1S/C44H68N10O14/c1-20(2)15-30(40(63)49-29(13-14-33(57)58)38(61)54-34(21(3)4)42(65)48-24(8)44(67)68)51-43(66)35(22(5)6)53-36(59)23(7)47-39(62)31(16-25-17-46-28-12-10-9-11-26(25)28)50-41(64)32(19-56)52-37(60)27(45)18-55/h9-12,17,20-24,27,29-32,34-35,46,55-56H,13-16,18-19,45H2,1-8H3,(H,47,62)(H,48,65)(H,49,63)(H,50,64)(H,51,66)(H,52,60)(H,53,59)(H,54,61)(H,57,58)(H,67,68)/t23-,24-,27-,29-,30-,31-,32-,34-,35-/m0/s1. The Kier molecular flexibility index (Phi) is 23.0. The van der Waals surface area contributed by atoms with Crippen LogP contribution in [-0.2, 0) is 54.4 Å². The molecule has 0 bridgehead atoms. The van der Waals surface area contributed by atoms with Crippen LogP contribution in [0.25, 0.3) is 10.9 Å². The van der Waals surface area contributed by atoms with Crippen molar-refractivity contribution in [3.63, 3.8) is 0 Å². The van der Waals surface area contributed by atoms with Gasteiger partial charge in [-0.1, -0.05) is 59.7 Å². The quantitative estimate of drug-likeness (QED) is 0.0411. The Morgan fingerprint density at radius 2 is 1.04 bits per heavy atom. The van der Waals surface area contributed by atoms with Gasteiger partial charge in [-0.25, -0.2) is 0 Å². The molecule has 24 heteroatoms. The molecule has 0 spiro atoms. The molecule has 1 heterocycles. The van der Waals surface area contributed by atoms with Crippen LogP contribution in [-0.4, -0.2) is 152 Å². The number of rotatable bonds is 28. The zero-order valence-corrected chi connectivity index (χ0v) is 39.5. The van der Waals surface area contributed by atoms with Crippen molar-refractivity contribution in [2.75, 3.05) is 13.2 Å². The first kappa shape index (κ1) is 57.5. The summed E-state index contributed by atoms with van der Waals surface area (Å²) in [6.07, 6.45) is 0.498. The van der Waals surface area contributed by atoms with Gasteiger partial charge in [0.2, 0.25) is 47.3 Å². The number of hydrogen-bond acceptors (Lipinski definition) is 13. The minimum absolute atomic E-state index is 0.0127. The van der Waals surface area contributed by atoms with Crippen molar-refractivity contribution in [2.24, 2.45) is 23.5 Å². The zero-order valence-electron chi connectivity index (χ0n) is 39.5. The number of benzene rings is 1. The molecule has 1 aromatic heterocycles. The van der Waals surface area contributed by atoms with E-state index < -0.39 is 151 Å². The summed E-state index contributed by atoms with van der Waals surface area (Å²) in [7, 11) is 0. The lowest BCUT2D eigenvalue weighted by atomic mass is 9.98. The van der Waals surface area contributed by atoms with E-state index in [-0.39, 0.29) is 18.8 Å². The second-order valence-electron chi connectivity index (χ2n) is 17.6. The fourth-order valence-electron chi connectivity index (χ4n) is 6.68. The smallest absolute Gasteiger partial charge is 0.325 e. The van der Waals surface area contributed by atoms with Crippen molar-refractivity contribution < 1.29 is 68.4 Å². The van der Waals surface area contributed by atoms with E-state index in [0.29, 0.717) is 10.9 Å². The Morgan fingerprint density at radius 3 is 1.59 bits per heavy atom. The van der Waals surface area contributed by atoms with E-state index >= 15 is 0 Å². The summed E-state index contributed by atoms with van der Waals surface area (Å²) in [6, 6.07) is -5.35. The molecule has 2 rings (SSSR count). The summed E-state index contributed by atoms with van der Waals surface area (Å²) in [5.74, 6) is -11.2. The number of fused-ring (bicyclic) bond motifs is 1. The number of carboxylic acid groups (broad SMARTS) is 2. The topological polar surface area (TPSA) is 390 Å². The van der Waals surface area contributed by atoms with E-state index in [0.717, 1.165) is 5.52 Å². The van der Waals surface area contributed by atoms with E-state index in [1.165, 1.54) is 13.8 Å². The molecule has 378 valence electrons. The van der Waals surface area contributed by atoms with Crippen LogP contribution in [0.4, 0.5) is 0 Å². The van der Waals surface area contributed by atoms with Gasteiger partial charge in [-0.2, -0.15) is 0 Å². The monoisotopic (exact) mass is 960 g/mol. The second-order valence-corrected chi connectivity index (χ2v) is 17.6. The van der Waals surface area contributed by atoms with E-state index in [2.05, 4.69) is 47.5 Å². The molecule has 0 aliphatic carbocycles. The Morgan fingerprint density at radius 1 is 0.559 bits per heavy atom. The minimum Gasteiger partial charge on any atom is -0.481 e. The Labute approximate surface area is 393 Å². The highest BCUT2D eigenvalue weighted by molar-refractivity contribution is 5.98. The van der Waals surface area contributed by atoms with Crippen LogP contribution >= 0.6 is 0 Å². The van der Waals surface area contributed by atoms with Gasteiger partial charge >= 0.3 is 11.9 Å². The highest BCUT2D eigenvalue weighted by atomic mass is 16.4. The normalized spacial score (nSPS) is 15.3. The van der Waals surface area contributed by atoms with Gasteiger partial charge < -0.3 is 73.7 Å². The predicted molar refractivity (Wildman–Crippen MR) is 245 cm³/mol. The number of nitrogens with two attached hydrogens (primary N) is 1. The Bertz CT molecular complexity index is 2110. The molecule has 9 atom stereocenters. The molecule has 0 unspecified atom stereocenters. The Balaban J connectivity index is 2.32. The third kappa shape index (κ3) is 17.9. The summed E-state index contributed by atoms with van der Waals surface area (Å²) < 4.78 is 0. The second kappa shape index (κ2) is 27.2. The number of carbonyl (C=O) groups is 10. The van der Waals surface area contributed by atoms with Gasteiger partial charge in [-0.15, -0.1) is 0 Å². The summed E-state index contributed by atoms with van der Waals surface area (Å²) in [5, 5.41) is 58.1. The molecule has 0 fully saturated rings. The van der Waals surface area contributed by atoms with Crippen LogP contribution in [0.15, 0.2) is 30.5 Å². The number of aliphatic carboxylic acids is 2. The SMILES string of the molecule is CC(C)C[C@H](NC(=O)[C@@H](NC(=O)[C@H](C)NC(=O)[C@H](Cc1c[nH]c2ccccc12)NC(=O)[C@H](CO)NC(=O)[C@@H](N)CO)C(C)C)C(=O)N[C@@H](CCC(=O)O)C(=O)N[C@H](C(=O)N[C@@H](C)C(=O)O)C(C)C. The van der Waals surface area contributed by atoms with E-state index in [4.69, 9.17) is 5.73 Å². The van der Waals surface area contributed by atoms with Gasteiger partial charge in [0.05, 0.1) is 13.2 Å². The van der Waals surface area contributed by atoms with Gasteiger partial charge in [0.25, 0.3) is 0 Å². The summed E-state index contributed by atoms with van der Waals surface area (Å²) in [4.78, 5) is 133. The number of aromatic amines is 1. The van der Waals surface area contributed by atoms with Gasteiger partial charge in [0, 0.05) is 29.9 Å². The van der Waals surface area contributed by atoms with Crippen LogP contribution in [0, 0.1) is 17.8 Å². The molecule has 24 nitrogen and oxygen atoms in total. The molecular weight excluding hydrogens is 893 g/mol. The maximum atomic E-state index is 13.9. The molecule has 0 radical (unpaired) electrons. The molecule has 2 aromatic rings. The third-order valence-corrected chi connectivity index (χ3v) is 10.7. The summed E-state index contributed by atoms with van der Waals surface area (Å²) >= 11 is 0. The summed E-state index contributed by atoms with van der Waals surface area (Å²) in [5.41, 5.74) is 6.85. The fraction of sp³-hybridized carbons (Fsp3) is 0.591. The maximum Gasteiger partial charge on any atom is 0.325 e. The first-order valence-corrected chi connectivity index (χ1v) is 22.2. The number of aliphatic hydroxyl groups excluding tert-OH is 2. The van der Waals surface area contributed by atoms with Gasteiger partial charge in [0.15, 0.2) is 0 Å². The van der Waals surface area contributed by atoms with Gasteiger partial charge in [-0.05, 0) is 56.1 Å². The molecule has 1 aromatic carbocycles. The first-order chi connectivity index (χ1) is 31.8. The van der Waals surface area contributed by atoms with Crippen LogP contribution in [0.5, 0.6) is 0 Å². The molecule has 0 saturated carbocycles. The average Bonchev–Trinajstić information content (AvgIpc) is 3.68. The minimum atomic E-state index is -1.58. The van der Waals surface area contributed by atoms with E-state index in [1.54, 1.807) is 72.0 Å². The molecule has 0 saturated heterocycles. The Hall–Kier alpha value is -6.66. The molecule has 0 aliphatic heterocycles. The van der Waals surface area contributed by atoms with Crippen molar-refractivity contribution in [1.82, 2.24) is 47.5 Å². The average molecular weight is 961 g/mol. The number of aromatic nitrogens is 1. The zero-order chi connectivity index (χ0) is 51.6. The van der Waals surface area contributed by atoms with Crippen LogP contribution in [0.1, 0.15) is 80.2 Å². The van der Waals surface area contributed by atoms with Crippen molar-refractivity contribution in [3.8, 4) is 0 Å². The molecule has 68 heavy (non-hydrogen) atoms. The van der Waals surface area contributed by atoms with E-state index in [1.807, 2.05) is 0 Å². The maximum absolute atomic E-state index is 13.9. The van der Waals surface area contributed by atoms with Crippen molar-refractivity contribution in [2.45, 2.75) is 135 Å². The summed E-state index contributed by atoms with van der Waals surface area (Å²) in [6.45, 7) is 10.8. The highest BCUT2D eigenvalue weighted by Crippen LogP contribution is 2.20. The van der Waals surface area contributed by atoms with E-state index in [9.17, 15) is 68.4 Å². The lowest BCUT2D eigenvalue weighted by molar-refractivity contribution is -0.142. The molecule has 0 aliphatic rings. The number of aliphatic hydroxyl groups is 2. The lowest BCUT2D eigenvalue weighted by Gasteiger charge is -2.29. The highest BCUT2D eigenvalue weighted by Gasteiger charge is 2.36. The van der Waals surface area contributed by atoms with Crippen molar-refractivity contribution in [1.29, 1.82) is 0 Å². The van der Waals surface area contributed by atoms with Crippen LogP contribution in [0.3, 0.4) is 0 Å². The van der Waals surface area contributed by atoms with Crippen LogP contribution < -0.4 is 48.3 Å². The fourth-order valence-corrected chi connectivity index (χ4v) is 6.68. The number of amides is 8. The van der Waals surface area contributed by atoms with Crippen molar-refractivity contribution >= 4 is 70.1 Å². The lowest BCUT2D eigenvalue weighted by Crippen LogP contribution is -2.61. The number of carbonyl (C=O) groups excluding carboxylic acids is 8. The van der Waals surface area contributed by atoms with Crippen LogP contribution in [0.2, 0.25) is 0 Å². The molecule has 8 amide bonds. The number of para-hydroxylation sites is 1. The first-order valence-electron chi connectivity index (χ1n) is 22.2. The third-order valence-electron chi connectivity index (χ3n) is 10.7. The van der Waals surface area contributed by atoms with Gasteiger partial charge in [0.1, 0.15) is 54.4 Å². The number of hydrogen-bond donors (Lipinski definition) is 14. The predicted octanol–water partition coefficient (Wildman–Crippen LogP) is -2.75. The molecular formula is C44H68N10O14. The van der Waals surface area contributed by atoms with Crippen molar-refractivity contribution in [3.05, 3.63) is 36.0 Å².